The molecule has 2 rings (SSSR count). The van der Waals surface area contributed by atoms with Crippen LogP contribution >= 0.6 is 0 Å². The summed E-state index contributed by atoms with van der Waals surface area (Å²) in [5.41, 5.74) is -0.462. The molecule has 0 radical (unpaired) electrons. The van der Waals surface area contributed by atoms with Gasteiger partial charge in [0.15, 0.2) is 11.6 Å². The number of hydrogen-bond acceptors (Lipinski definition) is 2. The Kier molecular flexibility index (Phi) is 3.86. The van der Waals surface area contributed by atoms with E-state index >= 15 is 0 Å². The van der Waals surface area contributed by atoms with Crippen molar-refractivity contribution in [2.45, 2.75) is 51.6 Å². The van der Waals surface area contributed by atoms with E-state index in [9.17, 15) is 9.50 Å². The summed E-state index contributed by atoms with van der Waals surface area (Å²) in [6.07, 6.45) is 4.10. The first kappa shape index (κ1) is 14.3. The first-order valence-electron chi connectivity index (χ1n) is 6.93. The molecule has 1 aromatic carbocycles. The Morgan fingerprint density at radius 3 is 2.58 bits per heavy atom. The Bertz CT molecular complexity index is 456. The number of halogens is 1. The lowest BCUT2D eigenvalue weighted by atomic mass is 9.82. The molecule has 1 N–H and O–H groups in total. The quantitative estimate of drug-likeness (QED) is 0.819. The summed E-state index contributed by atoms with van der Waals surface area (Å²) >= 11 is 0. The predicted molar refractivity (Wildman–Crippen MR) is 73.7 cm³/mol. The van der Waals surface area contributed by atoms with Crippen LogP contribution in [0.3, 0.4) is 0 Å². The zero-order chi connectivity index (χ0) is 14.1. The summed E-state index contributed by atoms with van der Waals surface area (Å²) in [6, 6.07) is 5.00. The molecule has 1 saturated carbocycles. The number of benzene rings is 1. The van der Waals surface area contributed by atoms with Crippen LogP contribution in [0, 0.1) is 11.2 Å². The third-order valence-electron chi connectivity index (χ3n) is 4.34. The first-order valence-corrected chi connectivity index (χ1v) is 6.93. The van der Waals surface area contributed by atoms with Gasteiger partial charge < -0.3 is 9.84 Å². The van der Waals surface area contributed by atoms with Crippen molar-refractivity contribution in [1.82, 2.24) is 0 Å². The van der Waals surface area contributed by atoms with E-state index in [1.165, 1.54) is 7.11 Å². The van der Waals surface area contributed by atoms with Crippen LogP contribution in [-0.2, 0) is 5.60 Å². The highest BCUT2D eigenvalue weighted by Gasteiger charge is 2.37. The Labute approximate surface area is 114 Å². The summed E-state index contributed by atoms with van der Waals surface area (Å²) in [5.74, 6) is -0.221. The molecule has 19 heavy (non-hydrogen) atoms. The van der Waals surface area contributed by atoms with Crippen molar-refractivity contribution >= 4 is 0 Å². The van der Waals surface area contributed by atoms with Gasteiger partial charge in [0.25, 0.3) is 0 Å². The van der Waals surface area contributed by atoms with Crippen LogP contribution in [0.2, 0.25) is 0 Å². The maximum absolute atomic E-state index is 14.3. The van der Waals surface area contributed by atoms with Gasteiger partial charge in [-0.15, -0.1) is 0 Å². The van der Waals surface area contributed by atoms with Gasteiger partial charge >= 0.3 is 0 Å². The van der Waals surface area contributed by atoms with E-state index in [0.717, 1.165) is 19.3 Å². The fraction of sp³-hybridized carbons (Fsp3) is 0.625. The van der Waals surface area contributed by atoms with Crippen molar-refractivity contribution in [1.29, 1.82) is 0 Å². The normalized spacial score (nSPS) is 26.8. The van der Waals surface area contributed by atoms with Gasteiger partial charge in [-0.05, 0) is 43.6 Å². The number of methoxy groups -OCH3 is 1. The highest BCUT2D eigenvalue weighted by molar-refractivity contribution is 5.35. The second kappa shape index (κ2) is 5.12. The highest BCUT2D eigenvalue weighted by atomic mass is 19.1. The van der Waals surface area contributed by atoms with Crippen LogP contribution in [0.15, 0.2) is 18.2 Å². The van der Waals surface area contributed by atoms with E-state index in [4.69, 9.17) is 4.74 Å². The van der Waals surface area contributed by atoms with Gasteiger partial charge in [-0.2, -0.15) is 0 Å². The van der Waals surface area contributed by atoms with E-state index in [-0.39, 0.29) is 11.2 Å². The molecule has 0 heterocycles. The fourth-order valence-electron chi connectivity index (χ4n) is 2.95. The van der Waals surface area contributed by atoms with Gasteiger partial charge in [0.1, 0.15) is 0 Å². The molecule has 1 aliphatic carbocycles. The number of aliphatic hydroxyl groups is 1. The van der Waals surface area contributed by atoms with Crippen molar-refractivity contribution in [3.05, 3.63) is 29.6 Å². The summed E-state index contributed by atoms with van der Waals surface area (Å²) in [4.78, 5) is 0. The minimum absolute atomic E-state index is 0.203. The molecule has 106 valence electrons. The van der Waals surface area contributed by atoms with Crippen LogP contribution in [0.5, 0.6) is 5.75 Å². The Balaban J connectivity index is 2.34. The molecule has 0 bridgehead atoms. The molecule has 1 unspecified atom stereocenters. The maximum atomic E-state index is 14.3. The van der Waals surface area contributed by atoms with E-state index in [0.29, 0.717) is 18.4 Å². The van der Waals surface area contributed by atoms with Crippen molar-refractivity contribution < 1.29 is 14.2 Å². The second-order valence-corrected chi connectivity index (χ2v) is 6.37. The third kappa shape index (κ3) is 2.92. The van der Waals surface area contributed by atoms with Gasteiger partial charge in [-0.1, -0.05) is 26.0 Å². The predicted octanol–water partition coefficient (Wildman–Crippen LogP) is 4.01. The molecule has 1 atom stereocenters. The van der Waals surface area contributed by atoms with Crippen LogP contribution in [0.4, 0.5) is 4.39 Å². The summed E-state index contributed by atoms with van der Waals surface area (Å²) in [6.45, 7) is 4.42. The minimum atomic E-state index is -1.06. The molecule has 1 aliphatic rings. The van der Waals surface area contributed by atoms with Gasteiger partial charge in [0.05, 0.1) is 12.7 Å². The third-order valence-corrected chi connectivity index (χ3v) is 4.34. The molecule has 1 aromatic rings. The molecular formula is C16H23FO2. The first-order chi connectivity index (χ1) is 8.88. The summed E-state index contributed by atoms with van der Waals surface area (Å²) < 4.78 is 19.4. The van der Waals surface area contributed by atoms with Gasteiger partial charge in [0.2, 0.25) is 0 Å². The lowest BCUT2D eigenvalue weighted by Gasteiger charge is -2.29. The maximum Gasteiger partial charge on any atom is 0.171 e. The summed E-state index contributed by atoms with van der Waals surface area (Å²) in [7, 11) is 1.45. The van der Waals surface area contributed by atoms with Crippen molar-refractivity contribution in [3.63, 3.8) is 0 Å². The molecule has 1 fully saturated rings. The van der Waals surface area contributed by atoms with Crippen molar-refractivity contribution in [2.75, 3.05) is 7.11 Å². The van der Waals surface area contributed by atoms with Crippen LogP contribution in [-0.4, -0.2) is 12.2 Å². The van der Waals surface area contributed by atoms with Gasteiger partial charge in [0, 0.05) is 5.56 Å². The van der Waals surface area contributed by atoms with E-state index in [1.54, 1.807) is 18.2 Å². The fourth-order valence-corrected chi connectivity index (χ4v) is 2.95. The Morgan fingerprint density at radius 2 is 1.89 bits per heavy atom. The second-order valence-electron chi connectivity index (χ2n) is 6.37. The molecule has 0 amide bonds. The molecule has 2 nitrogen and oxygen atoms in total. The molecule has 0 saturated heterocycles. The Hall–Kier alpha value is -1.09. The van der Waals surface area contributed by atoms with Crippen molar-refractivity contribution in [3.8, 4) is 5.75 Å². The standard InChI is InChI=1S/C16H23FO2/c1-15(2)8-5-9-16(18,11-10-15)12-6-4-7-13(19-3)14(12)17/h4,6-7,18H,5,8-11H2,1-3H3. The average Bonchev–Trinajstić information content (AvgIpc) is 2.50. The largest absolute Gasteiger partial charge is 0.494 e. The number of rotatable bonds is 2. The van der Waals surface area contributed by atoms with Crippen LogP contribution in [0.1, 0.15) is 51.5 Å². The molecule has 0 aliphatic heterocycles. The molecule has 0 spiro atoms. The number of ether oxygens (including phenoxy) is 1. The van der Waals surface area contributed by atoms with Crippen LogP contribution < -0.4 is 4.74 Å². The van der Waals surface area contributed by atoms with E-state index in [1.807, 2.05) is 0 Å². The van der Waals surface area contributed by atoms with Gasteiger partial charge in [-0.25, -0.2) is 4.39 Å². The monoisotopic (exact) mass is 266 g/mol. The topological polar surface area (TPSA) is 29.5 Å². The highest BCUT2D eigenvalue weighted by Crippen LogP contribution is 2.44. The van der Waals surface area contributed by atoms with E-state index < -0.39 is 11.4 Å². The lowest BCUT2D eigenvalue weighted by molar-refractivity contribution is 0.0143. The van der Waals surface area contributed by atoms with Gasteiger partial charge in [-0.3, -0.25) is 0 Å². The molecule has 0 aromatic heterocycles. The smallest absolute Gasteiger partial charge is 0.171 e. The number of hydrogen-bond donors (Lipinski definition) is 1. The average molecular weight is 266 g/mol. The van der Waals surface area contributed by atoms with Crippen LogP contribution in [0.25, 0.3) is 0 Å². The molecule has 3 heteroatoms. The van der Waals surface area contributed by atoms with E-state index in [2.05, 4.69) is 13.8 Å². The Morgan fingerprint density at radius 1 is 1.16 bits per heavy atom. The summed E-state index contributed by atoms with van der Waals surface area (Å²) in [5, 5.41) is 10.9. The van der Waals surface area contributed by atoms with Crippen molar-refractivity contribution in [2.24, 2.45) is 5.41 Å². The zero-order valence-corrected chi connectivity index (χ0v) is 12.0. The minimum Gasteiger partial charge on any atom is -0.494 e. The molecular weight excluding hydrogens is 243 g/mol. The SMILES string of the molecule is COc1cccc(C2(O)CCCC(C)(C)CC2)c1F. The zero-order valence-electron chi connectivity index (χ0n) is 12.0. The lowest BCUT2D eigenvalue weighted by Crippen LogP contribution is -2.26.